The Labute approximate surface area is 105 Å². The molecule has 0 fully saturated rings. The number of halogens is 1. The van der Waals surface area contributed by atoms with Crippen LogP contribution in [-0.4, -0.2) is 22.7 Å². The molecule has 1 atom stereocenters. The van der Waals surface area contributed by atoms with Crippen molar-refractivity contribution in [3.63, 3.8) is 0 Å². The molecular weight excluding hydrogens is 239 g/mol. The minimum atomic E-state index is -0.893. The first-order valence-corrected chi connectivity index (χ1v) is 5.58. The van der Waals surface area contributed by atoms with Crippen molar-refractivity contribution in [2.75, 3.05) is 11.9 Å². The van der Waals surface area contributed by atoms with E-state index >= 15 is 0 Å². The van der Waals surface area contributed by atoms with Gasteiger partial charge in [-0.15, -0.1) is 0 Å². The van der Waals surface area contributed by atoms with Crippen LogP contribution < -0.4 is 5.32 Å². The van der Waals surface area contributed by atoms with Crippen LogP contribution in [0, 0.1) is 21.3 Å². The van der Waals surface area contributed by atoms with E-state index in [2.05, 4.69) is 5.32 Å². The Bertz CT molecular complexity index is 443. The van der Waals surface area contributed by atoms with Gasteiger partial charge in [-0.1, -0.05) is 26.8 Å². The Hall–Kier alpha value is -1.69. The molecule has 0 bridgehead atoms. The molecule has 0 radical (unpaired) electrons. The molecule has 6 heteroatoms. The molecule has 0 aromatic heterocycles. The molecule has 100 valence electrons. The van der Waals surface area contributed by atoms with Gasteiger partial charge in [0.2, 0.25) is 5.82 Å². The van der Waals surface area contributed by atoms with E-state index < -0.39 is 22.5 Å². The largest absolute Gasteiger partial charge is 0.391 e. The predicted octanol–water partition coefficient (Wildman–Crippen LogP) is 2.55. The van der Waals surface area contributed by atoms with Gasteiger partial charge in [0.1, 0.15) is 5.69 Å². The van der Waals surface area contributed by atoms with Crippen molar-refractivity contribution >= 4 is 11.4 Å². The molecule has 1 unspecified atom stereocenters. The van der Waals surface area contributed by atoms with Crippen molar-refractivity contribution in [1.82, 2.24) is 0 Å². The lowest BCUT2D eigenvalue weighted by atomic mass is 9.89. The van der Waals surface area contributed by atoms with E-state index in [0.29, 0.717) is 0 Å². The highest BCUT2D eigenvalue weighted by molar-refractivity contribution is 5.61. The number of nitro groups is 1. The molecule has 18 heavy (non-hydrogen) atoms. The summed E-state index contributed by atoms with van der Waals surface area (Å²) in [6.45, 7) is 5.66. The molecule has 0 aliphatic rings. The van der Waals surface area contributed by atoms with Crippen molar-refractivity contribution in [3.05, 3.63) is 34.1 Å². The average Bonchev–Trinajstić information content (AvgIpc) is 2.23. The molecule has 0 aliphatic carbocycles. The van der Waals surface area contributed by atoms with Crippen LogP contribution in [0.1, 0.15) is 20.8 Å². The lowest BCUT2D eigenvalue weighted by molar-refractivity contribution is -0.386. The van der Waals surface area contributed by atoms with Gasteiger partial charge in [0.25, 0.3) is 0 Å². The van der Waals surface area contributed by atoms with E-state index in [-0.39, 0.29) is 17.6 Å². The van der Waals surface area contributed by atoms with Gasteiger partial charge in [0.15, 0.2) is 0 Å². The maximum Gasteiger partial charge on any atom is 0.327 e. The van der Waals surface area contributed by atoms with Gasteiger partial charge in [0.05, 0.1) is 11.0 Å². The lowest BCUT2D eigenvalue weighted by Gasteiger charge is -2.26. The summed E-state index contributed by atoms with van der Waals surface area (Å²) in [6.07, 6.45) is -0.694. The van der Waals surface area contributed by atoms with Crippen LogP contribution in [0.5, 0.6) is 0 Å². The zero-order chi connectivity index (χ0) is 13.9. The standard InChI is InChI=1S/C12H17FN2O3/c1-12(2,3)10(16)7-14-9-6-4-5-8(13)11(9)15(17)18/h4-6,10,14,16H,7H2,1-3H3. The summed E-state index contributed by atoms with van der Waals surface area (Å²) in [5.41, 5.74) is -0.878. The summed E-state index contributed by atoms with van der Waals surface area (Å²) >= 11 is 0. The second-order valence-electron chi connectivity index (χ2n) is 5.16. The van der Waals surface area contributed by atoms with Gasteiger partial charge in [-0.3, -0.25) is 10.1 Å². The van der Waals surface area contributed by atoms with Gasteiger partial charge in [-0.25, -0.2) is 0 Å². The fraction of sp³-hybridized carbons (Fsp3) is 0.500. The molecule has 0 spiro atoms. The van der Waals surface area contributed by atoms with E-state index in [9.17, 15) is 19.6 Å². The first-order valence-electron chi connectivity index (χ1n) is 5.58. The summed E-state index contributed by atoms with van der Waals surface area (Å²) in [4.78, 5) is 9.97. The number of para-hydroxylation sites is 1. The maximum atomic E-state index is 13.3. The van der Waals surface area contributed by atoms with Crippen molar-refractivity contribution in [2.24, 2.45) is 5.41 Å². The van der Waals surface area contributed by atoms with E-state index in [1.54, 1.807) is 0 Å². The number of nitrogens with zero attached hydrogens (tertiary/aromatic N) is 1. The third kappa shape index (κ3) is 3.40. The van der Waals surface area contributed by atoms with Crippen LogP contribution >= 0.6 is 0 Å². The Kier molecular flexibility index (Phi) is 4.24. The minimum absolute atomic E-state index is 0.0725. The summed E-state index contributed by atoms with van der Waals surface area (Å²) in [6, 6.07) is 3.83. The summed E-state index contributed by atoms with van der Waals surface area (Å²) < 4.78 is 13.3. The van der Waals surface area contributed by atoms with Crippen molar-refractivity contribution < 1.29 is 14.4 Å². The third-order valence-corrected chi connectivity index (χ3v) is 2.65. The molecule has 0 heterocycles. The summed E-state index contributed by atoms with van der Waals surface area (Å²) in [5, 5.41) is 23.3. The highest BCUT2D eigenvalue weighted by Crippen LogP contribution is 2.28. The second-order valence-corrected chi connectivity index (χ2v) is 5.16. The molecule has 2 N–H and O–H groups in total. The highest BCUT2D eigenvalue weighted by Gasteiger charge is 2.24. The van der Waals surface area contributed by atoms with Crippen molar-refractivity contribution in [3.8, 4) is 0 Å². The Morgan fingerprint density at radius 1 is 1.50 bits per heavy atom. The van der Waals surface area contributed by atoms with E-state index in [4.69, 9.17) is 0 Å². The number of nitro benzene ring substituents is 1. The maximum absolute atomic E-state index is 13.3. The van der Waals surface area contributed by atoms with Crippen LogP contribution in [0.2, 0.25) is 0 Å². The highest BCUT2D eigenvalue weighted by atomic mass is 19.1. The summed E-state index contributed by atoms with van der Waals surface area (Å²) in [7, 11) is 0. The number of aliphatic hydroxyl groups excluding tert-OH is 1. The zero-order valence-electron chi connectivity index (χ0n) is 10.6. The van der Waals surface area contributed by atoms with Gasteiger partial charge in [-0.05, 0) is 17.5 Å². The number of aliphatic hydroxyl groups is 1. The number of benzene rings is 1. The quantitative estimate of drug-likeness (QED) is 0.641. The van der Waals surface area contributed by atoms with E-state index in [1.165, 1.54) is 12.1 Å². The van der Waals surface area contributed by atoms with Crippen LogP contribution in [0.15, 0.2) is 18.2 Å². The molecule has 0 amide bonds. The molecule has 1 aromatic rings. The molecule has 5 nitrogen and oxygen atoms in total. The fourth-order valence-electron chi connectivity index (χ4n) is 1.36. The monoisotopic (exact) mass is 256 g/mol. The zero-order valence-corrected chi connectivity index (χ0v) is 10.6. The third-order valence-electron chi connectivity index (χ3n) is 2.65. The number of rotatable bonds is 4. The Morgan fingerprint density at radius 3 is 2.61 bits per heavy atom. The molecule has 0 saturated heterocycles. The van der Waals surface area contributed by atoms with Crippen LogP contribution in [0.25, 0.3) is 0 Å². The Morgan fingerprint density at radius 2 is 2.11 bits per heavy atom. The van der Waals surface area contributed by atoms with Gasteiger partial charge >= 0.3 is 5.69 Å². The Balaban J connectivity index is 2.86. The van der Waals surface area contributed by atoms with Crippen LogP contribution in [0.4, 0.5) is 15.8 Å². The molecule has 0 aliphatic heterocycles. The summed E-state index contributed by atoms with van der Waals surface area (Å²) in [5.74, 6) is -0.893. The normalized spacial score (nSPS) is 13.2. The minimum Gasteiger partial charge on any atom is -0.391 e. The lowest BCUT2D eigenvalue weighted by Crippen LogP contribution is -2.33. The van der Waals surface area contributed by atoms with Crippen molar-refractivity contribution in [1.29, 1.82) is 0 Å². The SMILES string of the molecule is CC(C)(C)C(O)CNc1cccc(F)c1[N+](=O)[O-]. The average molecular weight is 256 g/mol. The number of hydrogen-bond acceptors (Lipinski definition) is 4. The van der Waals surface area contributed by atoms with Crippen LogP contribution in [-0.2, 0) is 0 Å². The molecule has 1 aromatic carbocycles. The van der Waals surface area contributed by atoms with Gasteiger partial charge in [-0.2, -0.15) is 4.39 Å². The number of nitrogens with one attached hydrogen (secondary N) is 1. The first-order chi connectivity index (χ1) is 8.23. The molecule has 0 saturated carbocycles. The predicted molar refractivity (Wildman–Crippen MR) is 67.0 cm³/mol. The number of hydrogen-bond donors (Lipinski definition) is 2. The molecular formula is C12H17FN2O3. The van der Waals surface area contributed by atoms with Gasteiger partial charge < -0.3 is 10.4 Å². The van der Waals surface area contributed by atoms with Crippen LogP contribution in [0.3, 0.4) is 0 Å². The smallest absolute Gasteiger partial charge is 0.327 e. The number of anilines is 1. The molecule has 1 rings (SSSR count). The van der Waals surface area contributed by atoms with Crippen molar-refractivity contribution in [2.45, 2.75) is 26.9 Å². The topological polar surface area (TPSA) is 75.4 Å². The van der Waals surface area contributed by atoms with E-state index in [1.807, 2.05) is 20.8 Å². The van der Waals surface area contributed by atoms with Gasteiger partial charge in [0, 0.05) is 6.54 Å². The second kappa shape index (κ2) is 5.30. The van der Waals surface area contributed by atoms with E-state index in [0.717, 1.165) is 6.07 Å². The fourth-order valence-corrected chi connectivity index (χ4v) is 1.36. The first kappa shape index (κ1) is 14.4.